The summed E-state index contributed by atoms with van der Waals surface area (Å²) in [6.07, 6.45) is -0.436. The van der Waals surface area contributed by atoms with E-state index in [2.05, 4.69) is 40.5 Å². The van der Waals surface area contributed by atoms with Crippen LogP contribution >= 0.6 is 0 Å². The molecule has 0 bridgehead atoms. The van der Waals surface area contributed by atoms with Gasteiger partial charge in [-0.05, 0) is 50.1 Å². The molecule has 0 fully saturated rings. The normalized spacial score (nSPS) is 15.2. The number of fused-ring (bicyclic) bond motifs is 1. The second-order valence-corrected chi connectivity index (χ2v) is 7.13. The van der Waals surface area contributed by atoms with Gasteiger partial charge in [0.05, 0.1) is 7.11 Å². The molecule has 7 heteroatoms. The molecular formula is C22H24N5O2+. The lowest BCUT2D eigenvalue weighted by molar-refractivity contribution is -0.520. The van der Waals surface area contributed by atoms with Gasteiger partial charge >= 0.3 is 5.96 Å². The van der Waals surface area contributed by atoms with Gasteiger partial charge in [-0.2, -0.15) is 0 Å². The Morgan fingerprint density at radius 2 is 1.93 bits per heavy atom. The molecule has 4 rings (SSSR count). The Bertz CT molecular complexity index is 1170. The molecule has 0 spiro atoms. The number of rotatable bonds is 3. The lowest BCUT2D eigenvalue weighted by Gasteiger charge is -2.23. The highest BCUT2D eigenvalue weighted by molar-refractivity contribution is 5.99. The minimum absolute atomic E-state index is 0.133. The molecular weight excluding hydrogens is 366 g/mol. The summed E-state index contributed by atoms with van der Waals surface area (Å²) >= 11 is 0. The van der Waals surface area contributed by atoms with Crippen molar-refractivity contribution in [2.24, 2.45) is 0 Å². The van der Waals surface area contributed by atoms with E-state index in [1.807, 2.05) is 43.3 Å². The first-order chi connectivity index (χ1) is 14.0. The van der Waals surface area contributed by atoms with Gasteiger partial charge in [0.1, 0.15) is 11.4 Å². The number of ether oxygens (including phenoxy) is 1. The van der Waals surface area contributed by atoms with Crippen molar-refractivity contribution < 1.29 is 9.73 Å². The third-order valence-corrected chi connectivity index (χ3v) is 5.13. The minimum Gasteiger partial charge on any atom is -0.497 e. The van der Waals surface area contributed by atoms with Gasteiger partial charge in [0, 0.05) is 17.3 Å². The monoisotopic (exact) mass is 390 g/mol. The highest BCUT2D eigenvalue weighted by Crippen LogP contribution is 2.22. The average molecular weight is 390 g/mol. The molecule has 1 aliphatic heterocycles. The van der Waals surface area contributed by atoms with Gasteiger partial charge < -0.3 is 4.74 Å². The third kappa shape index (κ3) is 3.59. The van der Waals surface area contributed by atoms with Crippen molar-refractivity contribution in [3.05, 3.63) is 81.3 Å². The van der Waals surface area contributed by atoms with Crippen molar-refractivity contribution in [1.29, 1.82) is 0 Å². The molecule has 0 saturated heterocycles. The quantitative estimate of drug-likeness (QED) is 0.634. The van der Waals surface area contributed by atoms with Crippen LogP contribution in [0.15, 0.2) is 53.3 Å². The zero-order valence-electron chi connectivity index (χ0n) is 16.9. The molecule has 3 N–H and O–H groups in total. The maximum Gasteiger partial charge on any atom is 0.357 e. The summed E-state index contributed by atoms with van der Waals surface area (Å²) in [6.45, 7) is 5.96. The van der Waals surface area contributed by atoms with Crippen LogP contribution in [-0.4, -0.2) is 22.6 Å². The van der Waals surface area contributed by atoms with E-state index in [-0.39, 0.29) is 5.56 Å². The summed E-state index contributed by atoms with van der Waals surface area (Å²) in [5.74, 6) is 1.86. The summed E-state index contributed by atoms with van der Waals surface area (Å²) in [6, 6.07) is 15.3. The van der Waals surface area contributed by atoms with Gasteiger partial charge in [-0.15, -0.1) is 0 Å². The van der Waals surface area contributed by atoms with E-state index in [0.29, 0.717) is 17.6 Å². The average Bonchev–Trinajstić information content (AvgIpc) is 2.70. The highest BCUT2D eigenvalue weighted by Gasteiger charge is 2.29. The molecule has 29 heavy (non-hydrogen) atoms. The first-order valence-electron chi connectivity index (χ1n) is 9.44. The van der Waals surface area contributed by atoms with Gasteiger partial charge in [-0.3, -0.25) is 9.79 Å². The number of hydrogen-bond acceptors (Lipinski definition) is 5. The Kier molecular flexibility index (Phi) is 4.80. The van der Waals surface area contributed by atoms with Crippen LogP contribution in [0.25, 0.3) is 0 Å². The van der Waals surface area contributed by atoms with Gasteiger partial charge in [0.15, 0.2) is 6.17 Å². The van der Waals surface area contributed by atoms with Gasteiger partial charge in [0.25, 0.3) is 11.5 Å². The van der Waals surface area contributed by atoms with E-state index >= 15 is 0 Å². The zero-order valence-corrected chi connectivity index (χ0v) is 16.9. The number of methoxy groups -OCH3 is 1. The van der Waals surface area contributed by atoms with Crippen LogP contribution in [0, 0.1) is 20.8 Å². The maximum atomic E-state index is 12.8. The Morgan fingerprint density at radius 3 is 2.72 bits per heavy atom. The van der Waals surface area contributed by atoms with Crippen molar-refractivity contribution in [3.8, 4) is 5.75 Å². The summed E-state index contributed by atoms with van der Waals surface area (Å²) in [7, 11) is 1.62. The van der Waals surface area contributed by atoms with Crippen LogP contribution in [0.5, 0.6) is 5.75 Å². The molecule has 0 amide bonds. The summed E-state index contributed by atoms with van der Waals surface area (Å²) in [4.78, 5) is 20.7. The number of aromatic nitrogens is 2. The number of hydrogen-bond donors (Lipinski definition) is 3. The third-order valence-electron chi connectivity index (χ3n) is 5.13. The molecule has 2 heterocycles. The first-order valence-corrected chi connectivity index (χ1v) is 9.44. The van der Waals surface area contributed by atoms with Crippen LogP contribution in [0.2, 0.25) is 0 Å². The number of guanidine groups is 1. The first kappa shape index (κ1) is 18.7. The predicted octanol–water partition coefficient (Wildman–Crippen LogP) is 1.70. The molecule has 0 unspecified atom stereocenters. The summed E-state index contributed by atoms with van der Waals surface area (Å²) < 4.78 is 6.97. The fourth-order valence-corrected chi connectivity index (χ4v) is 3.43. The van der Waals surface area contributed by atoms with Crippen molar-refractivity contribution >= 4 is 17.6 Å². The van der Waals surface area contributed by atoms with Crippen LogP contribution in [-0.2, 0) is 0 Å². The Balaban J connectivity index is 1.82. The molecule has 7 nitrogen and oxygen atoms in total. The number of anilines is 2. The van der Waals surface area contributed by atoms with Crippen LogP contribution in [0.3, 0.4) is 0 Å². The molecule has 0 radical (unpaired) electrons. The van der Waals surface area contributed by atoms with Crippen molar-refractivity contribution in [1.82, 2.24) is 9.55 Å². The van der Waals surface area contributed by atoms with E-state index in [1.165, 1.54) is 11.6 Å². The minimum atomic E-state index is -0.436. The number of aryl methyl sites for hydroxylation is 2. The largest absolute Gasteiger partial charge is 0.497 e. The maximum absolute atomic E-state index is 12.8. The Labute approximate surface area is 169 Å². The van der Waals surface area contributed by atoms with Crippen molar-refractivity contribution in [2.45, 2.75) is 26.9 Å². The Hall–Kier alpha value is -3.61. The fourth-order valence-electron chi connectivity index (χ4n) is 3.43. The summed E-state index contributed by atoms with van der Waals surface area (Å²) in [5.41, 5.74) is 4.74. The molecule has 2 aromatic carbocycles. The van der Waals surface area contributed by atoms with Crippen molar-refractivity contribution in [2.75, 3.05) is 17.7 Å². The van der Waals surface area contributed by atoms with E-state index in [4.69, 9.17) is 4.74 Å². The smallest absolute Gasteiger partial charge is 0.357 e. The zero-order chi connectivity index (χ0) is 20.5. The highest BCUT2D eigenvalue weighted by atomic mass is 16.5. The molecule has 148 valence electrons. The fraction of sp³-hybridized carbons (Fsp3) is 0.227. The molecule has 1 atom stereocenters. The predicted molar refractivity (Wildman–Crippen MR) is 113 cm³/mol. The lowest BCUT2D eigenvalue weighted by Crippen LogP contribution is -2.82. The van der Waals surface area contributed by atoms with Crippen molar-refractivity contribution in [3.63, 3.8) is 0 Å². The number of nitrogens with zero attached hydrogens (tertiary/aromatic N) is 2. The van der Waals surface area contributed by atoms with Gasteiger partial charge in [-0.1, -0.05) is 24.3 Å². The standard InChI is InChI=1S/C22H23N5O2/c1-13-7-5-10-18(15(13)3)24-21-25-20(16-8-6-9-17(12-16)29-4)27-19(28)11-14(2)23-22(27)26-21/h5-12,20H,1-4H3,(H2,23,24,25,26)/p+1/t20-/m0/s1. The van der Waals surface area contributed by atoms with Crippen LogP contribution in [0.1, 0.15) is 28.6 Å². The molecule has 1 aromatic heterocycles. The Morgan fingerprint density at radius 1 is 1.14 bits per heavy atom. The summed E-state index contributed by atoms with van der Waals surface area (Å²) in [5, 5.41) is 6.62. The SMILES string of the molecule is COc1cccc([C@H]2[NH+]=C(Nc3cccc(C)c3C)Nc3nc(C)cc(=O)n32)c1. The molecule has 0 saturated carbocycles. The van der Waals surface area contributed by atoms with E-state index < -0.39 is 6.17 Å². The van der Waals surface area contributed by atoms with Crippen LogP contribution in [0.4, 0.5) is 11.6 Å². The second-order valence-electron chi connectivity index (χ2n) is 7.13. The van der Waals surface area contributed by atoms with E-state index in [9.17, 15) is 4.79 Å². The molecule has 1 aliphatic rings. The topological polar surface area (TPSA) is 82.2 Å². The number of nitrogens with one attached hydrogen (secondary N) is 3. The van der Waals surface area contributed by atoms with E-state index in [0.717, 1.165) is 22.6 Å². The van der Waals surface area contributed by atoms with Gasteiger partial charge in [0.2, 0.25) is 0 Å². The van der Waals surface area contributed by atoms with Gasteiger partial charge in [-0.25, -0.2) is 20.2 Å². The second kappa shape index (κ2) is 7.43. The van der Waals surface area contributed by atoms with E-state index in [1.54, 1.807) is 11.7 Å². The van der Waals surface area contributed by atoms with Crippen LogP contribution < -0.4 is 25.9 Å². The molecule has 3 aromatic rings. The lowest BCUT2D eigenvalue weighted by atomic mass is 10.1. The molecule has 0 aliphatic carbocycles. The number of benzene rings is 2.